The van der Waals surface area contributed by atoms with Crippen LogP contribution in [-0.2, 0) is 0 Å². The second-order valence-electron chi connectivity index (χ2n) is 6.13. The van der Waals surface area contributed by atoms with Crippen LogP contribution in [0, 0.1) is 11.8 Å². The Labute approximate surface area is 111 Å². The van der Waals surface area contributed by atoms with Crippen molar-refractivity contribution in [2.45, 2.75) is 58.0 Å². The average Bonchev–Trinajstić information content (AvgIpc) is 2.40. The molecule has 0 aliphatic heterocycles. The second kappa shape index (κ2) is 6.38. The molecular formula is C17H26O. The molecule has 1 fully saturated rings. The Morgan fingerprint density at radius 1 is 1.11 bits per heavy atom. The van der Waals surface area contributed by atoms with E-state index in [4.69, 9.17) is 0 Å². The number of hydrogen-bond acceptors (Lipinski definition) is 1. The van der Waals surface area contributed by atoms with Crippen molar-refractivity contribution in [3.8, 4) is 0 Å². The minimum atomic E-state index is -0.118. The molecule has 0 spiro atoms. The van der Waals surface area contributed by atoms with Crippen LogP contribution in [0.1, 0.15) is 57.4 Å². The van der Waals surface area contributed by atoms with Crippen LogP contribution < -0.4 is 0 Å². The highest BCUT2D eigenvalue weighted by Crippen LogP contribution is 2.33. The molecule has 0 amide bonds. The molecule has 0 bridgehead atoms. The summed E-state index contributed by atoms with van der Waals surface area (Å²) in [5.74, 6) is 1.85. The summed E-state index contributed by atoms with van der Waals surface area (Å²) in [5, 5.41) is 10.4. The highest BCUT2D eigenvalue weighted by atomic mass is 16.3. The van der Waals surface area contributed by atoms with Gasteiger partial charge in [0.2, 0.25) is 0 Å². The molecule has 18 heavy (non-hydrogen) atoms. The predicted molar refractivity (Wildman–Crippen MR) is 76.6 cm³/mol. The van der Waals surface area contributed by atoms with Crippen LogP contribution in [0.2, 0.25) is 0 Å². The number of aliphatic hydroxyl groups excluding tert-OH is 1. The molecule has 1 heteroatoms. The molecule has 2 rings (SSSR count). The van der Waals surface area contributed by atoms with Gasteiger partial charge in [0.25, 0.3) is 0 Å². The Morgan fingerprint density at radius 2 is 1.72 bits per heavy atom. The molecule has 0 saturated heterocycles. The highest BCUT2D eigenvalue weighted by Gasteiger charge is 2.25. The maximum absolute atomic E-state index is 10.4. The number of aliphatic hydroxyl groups is 1. The van der Waals surface area contributed by atoms with E-state index in [1.54, 1.807) is 0 Å². The van der Waals surface area contributed by atoms with Crippen LogP contribution in [0.4, 0.5) is 0 Å². The minimum absolute atomic E-state index is 0.118. The van der Waals surface area contributed by atoms with Gasteiger partial charge in [-0.25, -0.2) is 0 Å². The SMILES string of the molecule is CC1CCC(C(O)CC(C)c2ccccc2)CC1. The second-order valence-corrected chi connectivity index (χ2v) is 6.13. The number of benzene rings is 1. The van der Waals surface area contributed by atoms with Crippen molar-refractivity contribution in [2.75, 3.05) is 0 Å². The fraction of sp³-hybridized carbons (Fsp3) is 0.647. The lowest BCUT2D eigenvalue weighted by Crippen LogP contribution is -2.26. The van der Waals surface area contributed by atoms with Gasteiger partial charge in [0, 0.05) is 0 Å². The monoisotopic (exact) mass is 246 g/mol. The molecule has 2 unspecified atom stereocenters. The Kier molecular flexibility index (Phi) is 4.82. The molecule has 0 radical (unpaired) electrons. The summed E-state index contributed by atoms with van der Waals surface area (Å²) in [7, 11) is 0. The summed E-state index contributed by atoms with van der Waals surface area (Å²) in [6.07, 6.45) is 5.80. The van der Waals surface area contributed by atoms with Crippen molar-refractivity contribution >= 4 is 0 Å². The van der Waals surface area contributed by atoms with Crippen molar-refractivity contribution in [3.05, 3.63) is 35.9 Å². The summed E-state index contributed by atoms with van der Waals surface area (Å²) in [5.41, 5.74) is 1.35. The maximum Gasteiger partial charge on any atom is 0.0574 e. The van der Waals surface area contributed by atoms with Crippen LogP contribution >= 0.6 is 0 Å². The zero-order valence-corrected chi connectivity index (χ0v) is 11.7. The lowest BCUT2D eigenvalue weighted by Gasteiger charge is -2.31. The first-order valence-electron chi connectivity index (χ1n) is 7.40. The molecule has 100 valence electrons. The Balaban J connectivity index is 1.85. The fourth-order valence-electron chi connectivity index (χ4n) is 3.14. The third kappa shape index (κ3) is 3.58. The topological polar surface area (TPSA) is 20.2 Å². The Bertz CT molecular complexity index is 338. The van der Waals surface area contributed by atoms with Gasteiger partial charge >= 0.3 is 0 Å². The van der Waals surface area contributed by atoms with E-state index in [1.165, 1.54) is 31.2 Å². The van der Waals surface area contributed by atoms with Gasteiger partial charge in [0.15, 0.2) is 0 Å². The Hall–Kier alpha value is -0.820. The van der Waals surface area contributed by atoms with Gasteiger partial charge in [0.1, 0.15) is 0 Å². The molecule has 1 N–H and O–H groups in total. The van der Waals surface area contributed by atoms with Crippen molar-refractivity contribution in [1.29, 1.82) is 0 Å². The lowest BCUT2D eigenvalue weighted by molar-refractivity contribution is 0.0640. The first kappa shape index (κ1) is 13.6. The quantitative estimate of drug-likeness (QED) is 0.836. The van der Waals surface area contributed by atoms with Crippen molar-refractivity contribution in [3.63, 3.8) is 0 Å². The van der Waals surface area contributed by atoms with E-state index in [9.17, 15) is 5.11 Å². The van der Waals surface area contributed by atoms with Gasteiger partial charge < -0.3 is 5.11 Å². The van der Waals surface area contributed by atoms with E-state index in [0.29, 0.717) is 11.8 Å². The zero-order chi connectivity index (χ0) is 13.0. The minimum Gasteiger partial charge on any atom is -0.393 e. The van der Waals surface area contributed by atoms with Gasteiger partial charge in [-0.1, -0.05) is 57.0 Å². The standard InChI is InChI=1S/C17H26O/c1-13-8-10-16(11-9-13)17(18)12-14(2)15-6-4-3-5-7-15/h3-7,13-14,16-18H,8-12H2,1-2H3. The maximum atomic E-state index is 10.4. The van der Waals surface area contributed by atoms with Crippen LogP contribution in [0.25, 0.3) is 0 Å². The number of rotatable bonds is 4. The van der Waals surface area contributed by atoms with E-state index >= 15 is 0 Å². The van der Waals surface area contributed by atoms with E-state index in [1.807, 2.05) is 0 Å². The summed E-state index contributed by atoms with van der Waals surface area (Å²) >= 11 is 0. The van der Waals surface area contributed by atoms with E-state index in [0.717, 1.165) is 12.3 Å². The van der Waals surface area contributed by atoms with E-state index < -0.39 is 0 Å². The smallest absolute Gasteiger partial charge is 0.0574 e. The first-order chi connectivity index (χ1) is 8.66. The molecule has 1 aromatic rings. The number of hydrogen-bond donors (Lipinski definition) is 1. The molecule has 0 heterocycles. The zero-order valence-electron chi connectivity index (χ0n) is 11.7. The molecular weight excluding hydrogens is 220 g/mol. The Morgan fingerprint density at radius 3 is 2.33 bits per heavy atom. The largest absolute Gasteiger partial charge is 0.393 e. The third-order valence-electron chi connectivity index (χ3n) is 4.57. The van der Waals surface area contributed by atoms with E-state index in [-0.39, 0.29) is 6.10 Å². The predicted octanol–water partition coefficient (Wildman–Crippen LogP) is 4.37. The third-order valence-corrected chi connectivity index (χ3v) is 4.57. The first-order valence-corrected chi connectivity index (χ1v) is 7.40. The molecule has 1 aromatic carbocycles. The van der Waals surface area contributed by atoms with Crippen LogP contribution in [-0.4, -0.2) is 11.2 Å². The highest BCUT2D eigenvalue weighted by molar-refractivity contribution is 5.18. The summed E-state index contributed by atoms with van der Waals surface area (Å²) in [6, 6.07) is 10.6. The van der Waals surface area contributed by atoms with Gasteiger partial charge in [-0.3, -0.25) is 0 Å². The van der Waals surface area contributed by atoms with Gasteiger partial charge in [0.05, 0.1) is 6.10 Å². The van der Waals surface area contributed by atoms with Gasteiger partial charge in [-0.2, -0.15) is 0 Å². The van der Waals surface area contributed by atoms with Crippen LogP contribution in [0.3, 0.4) is 0 Å². The average molecular weight is 246 g/mol. The lowest BCUT2D eigenvalue weighted by atomic mass is 9.78. The molecule has 1 saturated carbocycles. The van der Waals surface area contributed by atoms with Crippen LogP contribution in [0.15, 0.2) is 30.3 Å². The molecule has 1 aliphatic rings. The van der Waals surface area contributed by atoms with Gasteiger partial charge in [-0.05, 0) is 42.6 Å². The molecule has 0 aromatic heterocycles. The van der Waals surface area contributed by atoms with Crippen molar-refractivity contribution in [2.24, 2.45) is 11.8 Å². The van der Waals surface area contributed by atoms with E-state index in [2.05, 4.69) is 44.2 Å². The van der Waals surface area contributed by atoms with Crippen molar-refractivity contribution in [1.82, 2.24) is 0 Å². The summed E-state index contributed by atoms with van der Waals surface area (Å²) < 4.78 is 0. The molecule has 1 nitrogen and oxygen atoms in total. The van der Waals surface area contributed by atoms with Crippen LogP contribution in [0.5, 0.6) is 0 Å². The summed E-state index contributed by atoms with van der Waals surface area (Å²) in [4.78, 5) is 0. The fourth-order valence-corrected chi connectivity index (χ4v) is 3.14. The van der Waals surface area contributed by atoms with Gasteiger partial charge in [-0.15, -0.1) is 0 Å². The summed E-state index contributed by atoms with van der Waals surface area (Å²) in [6.45, 7) is 4.55. The molecule has 2 atom stereocenters. The normalized spacial score (nSPS) is 27.7. The molecule has 1 aliphatic carbocycles. The van der Waals surface area contributed by atoms with Crippen molar-refractivity contribution < 1.29 is 5.11 Å².